The molecule has 2 heterocycles. The van der Waals surface area contributed by atoms with E-state index in [2.05, 4.69) is 0 Å². The number of amides is 1. The van der Waals surface area contributed by atoms with E-state index in [0.717, 1.165) is 0 Å². The highest BCUT2D eigenvalue weighted by Gasteiger charge is 2.45. The molecule has 30 heavy (non-hydrogen) atoms. The van der Waals surface area contributed by atoms with Crippen molar-refractivity contribution in [3.63, 3.8) is 0 Å². The molecule has 0 aliphatic carbocycles. The Morgan fingerprint density at radius 2 is 1.80 bits per heavy atom. The highest BCUT2D eigenvalue weighted by atomic mass is 16.6. The molecular formula is C23H23NO6. The van der Waals surface area contributed by atoms with E-state index in [1.807, 2.05) is 6.92 Å². The number of hydrogen-bond donors (Lipinski definition) is 1. The fourth-order valence-electron chi connectivity index (χ4n) is 3.83. The molecule has 1 saturated heterocycles. The average molecular weight is 409 g/mol. The standard InChI is InChI=1S/C23H23NO6/c1-3-10-24-20(15-6-9-17-18(13-15)30-12-11-29-17)19(22(26)23(24)27)21(25)14-4-7-16(28-2)8-5-14/h4-9,13,20,25H,3,10-12H2,1-2H3/b21-19-. The third-order valence-corrected chi connectivity index (χ3v) is 5.25. The summed E-state index contributed by atoms with van der Waals surface area (Å²) in [4.78, 5) is 27.2. The van der Waals surface area contributed by atoms with Crippen LogP contribution in [0.25, 0.3) is 5.76 Å². The van der Waals surface area contributed by atoms with Crippen LogP contribution in [0.2, 0.25) is 0 Å². The number of rotatable bonds is 5. The molecule has 2 aromatic rings. The lowest BCUT2D eigenvalue weighted by atomic mass is 9.95. The number of benzene rings is 2. The van der Waals surface area contributed by atoms with Crippen LogP contribution in [0.15, 0.2) is 48.0 Å². The van der Waals surface area contributed by atoms with Crippen LogP contribution in [0.4, 0.5) is 0 Å². The van der Waals surface area contributed by atoms with Gasteiger partial charge in [-0.15, -0.1) is 0 Å². The highest BCUT2D eigenvalue weighted by Crippen LogP contribution is 2.42. The number of likely N-dealkylation sites (tertiary alicyclic amines) is 1. The second-order valence-electron chi connectivity index (χ2n) is 7.12. The molecule has 0 saturated carbocycles. The van der Waals surface area contributed by atoms with Gasteiger partial charge in [-0.2, -0.15) is 0 Å². The van der Waals surface area contributed by atoms with Gasteiger partial charge in [0.2, 0.25) is 0 Å². The molecular weight excluding hydrogens is 386 g/mol. The van der Waals surface area contributed by atoms with Crippen molar-refractivity contribution in [2.24, 2.45) is 0 Å². The Hall–Kier alpha value is -3.48. The minimum absolute atomic E-state index is 0.0651. The Kier molecular flexibility index (Phi) is 5.35. The van der Waals surface area contributed by atoms with E-state index in [9.17, 15) is 14.7 Å². The molecule has 2 aliphatic rings. The van der Waals surface area contributed by atoms with Crippen LogP contribution in [-0.4, -0.2) is 48.6 Å². The molecule has 0 aromatic heterocycles. The lowest BCUT2D eigenvalue weighted by Gasteiger charge is -2.26. The van der Waals surface area contributed by atoms with Gasteiger partial charge in [-0.05, 0) is 48.4 Å². The summed E-state index contributed by atoms with van der Waals surface area (Å²) < 4.78 is 16.4. The number of aliphatic hydroxyl groups is 1. The molecule has 7 nitrogen and oxygen atoms in total. The number of carbonyl (C=O) groups excluding carboxylic acids is 2. The van der Waals surface area contributed by atoms with Gasteiger partial charge >= 0.3 is 0 Å². The molecule has 4 rings (SSSR count). The lowest BCUT2D eigenvalue weighted by molar-refractivity contribution is -0.139. The van der Waals surface area contributed by atoms with Crippen LogP contribution in [0.5, 0.6) is 17.2 Å². The summed E-state index contributed by atoms with van der Waals surface area (Å²) in [6, 6.07) is 11.3. The summed E-state index contributed by atoms with van der Waals surface area (Å²) in [5.41, 5.74) is 1.19. The third-order valence-electron chi connectivity index (χ3n) is 5.25. The van der Waals surface area contributed by atoms with E-state index >= 15 is 0 Å². The molecule has 1 atom stereocenters. The molecule has 1 N–H and O–H groups in total. The number of Topliss-reactive ketones (excluding diaryl/α,β-unsaturated/α-hetero) is 1. The van der Waals surface area contributed by atoms with Crippen LogP contribution in [0.3, 0.4) is 0 Å². The van der Waals surface area contributed by atoms with Crippen LogP contribution < -0.4 is 14.2 Å². The molecule has 2 aromatic carbocycles. The Morgan fingerprint density at radius 1 is 1.10 bits per heavy atom. The topological polar surface area (TPSA) is 85.3 Å². The Morgan fingerprint density at radius 3 is 2.47 bits per heavy atom. The number of ether oxygens (including phenoxy) is 3. The summed E-state index contributed by atoms with van der Waals surface area (Å²) >= 11 is 0. The van der Waals surface area contributed by atoms with Gasteiger partial charge in [0.1, 0.15) is 24.7 Å². The third kappa shape index (κ3) is 3.36. The van der Waals surface area contributed by atoms with Crippen LogP contribution in [0.1, 0.15) is 30.5 Å². The van der Waals surface area contributed by atoms with Gasteiger partial charge < -0.3 is 24.2 Å². The number of fused-ring (bicyclic) bond motifs is 1. The molecule has 1 unspecified atom stereocenters. The number of aliphatic hydroxyl groups excluding tert-OH is 1. The van der Waals surface area contributed by atoms with Crippen molar-refractivity contribution in [2.75, 3.05) is 26.9 Å². The van der Waals surface area contributed by atoms with Crippen LogP contribution in [-0.2, 0) is 9.59 Å². The van der Waals surface area contributed by atoms with Crippen molar-refractivity contribution >= 4 is 17.4 Å². The summed E-state index contributed by atoms with van der Waals surface area (Å²) in [5.74, 6) is 0.275. The lowest BCUT2D eigenvalue weighted by Crippen LogP contribution is -2.30. The maximum atomic E-state index is 12.9. The zero-order chi connectivity index (χ0) is 21.3. The number of ketones is 1. The van der Waals surface area contributed by atoms with Gasteiger partial charge in [0.25, 0.3) is 11.7 Å². The van der Waals surface area contributed by atoms with E-state index in [0.29, 0.717) is 54.6 Å². The second kappa shape index (κ2) is 8.10. The normalized spacial score (nSPS) is 19.8. The smallest absolute Gasteiger partial charge is 0.295 e. The van der Waals surface area contributed by atoms with E-state index in [1.54, 1.807) is 49.6 Å². The minimum Gasteiger partial charge on any atom is -0.507 e. The Labute approximate surface area is 174 Å². The number of hydrogen-bond acceptors (Lipinski definition) is 6. The van der Waals surface area contributed by atoms with Gasteiger partial charge in [-0.25, -0.2) is 0 Å². The maximum Gasteiger partial charge on any atom is 0.295 e. The molecule has 1 amide bonds. The zero-order valence-corrected chi connectivity index (χ0v) is 16.9. The second-order valence-corrected chi connectivity index (χ2v) is 7.12. The predicted octanol–water partition coefficient (Wildman–Crippen LogP) is 3.30. The van der Waals surface area contributed by atoms with Crippen molar-refractivity contribution in [3.8, 4) is 17.2 Å². The quantitative estimate of drug-likeness (QED) is 0.463. The fourth-order valence-corrected chi connectivity index (χ4v) is 3.83. The van der Waals surface area contributed by atoms with Crippen molar-refractivity contribution in [1.29, 1.82) is 0 Å². The SMILES string of the molecule is CCCN1C(=O)C(=O)/C(=C(\O)c2ccc(OC)cc2)C1c1ccc2c(c1)OCCO2. The van der Waals surface area contributed by atoms with Crippen molar-refractivity contribution in [1.82, 2.24) is 4.90 Å². The zero-order valence-electron chi connectivity index (χ0n) is 16.9. The van der Waals surface area contributed by atoms with E-state index < -0.39 is 17.7 Å². The Bertz CT molecular complexity index is 1010. The molecule has 1 fully saturated rings. The molecule has 0 radical (unpaired) electrons. The van der Waals surface area contributed by atoms with Crippen molar-refractivity contribution < 1.29 is 28.9 Å². The number of carbonyl (C=O) groups is 2. The first-order chi connectivity index (χ1) is 14.5. The van der Waals surface area contributed by atoms with E-state index in [1.165, 1.54) is 4.90 Å². The number of nitrogens with zero attached hydrogens (tertiary/aromatic N) is 1. The molecule has 0 spiro atoms. The first kappa shape index (κ1) is 19.8. The fraction of sp³-hybridized carbons (Fsp3) is 0.304. The van der Waals surface area contributed by atoms with Gasteiger partial charge in [0, 0.05) is 12.1 Å². The first-order valence-corrected chi connectivity index (χ1v) is 9.87. The number of methoxy groups -OCH3 is 1. The largest absolute Gasteiger partial charge is 0.507 e. The van der Waals surface area contributed by atoms with Gasteiger partial charge in [-0.1, -0.05) is 13.0 Å². The summed E-state index contributed by atoms with van der Waals surface area (Å²) in [6.07, 6.45) is 0.677. The summed E-state index contributed by atoms with van der Waals surface area (Å²) in [5, 5.41) is 11.0. The first-order valence-electron chi connectivity index (χ1n) is 9.87. The monoisotopic (exact) mass is 409 g/mol. The van der Waals surface area contributed by atoms with Crippen LogP contribution >= 0.6 is 0 Å². The van der Waals surface area contributed by atoms with Crippen molar-refractivity contribution in [2.45, 2.75) is 19.4 Å². The van der Waals surface area contributed by atoms with Gasteiger partial charge in [0.05, 0.1) is 18.7 Å². The minimum atomic E-state index is -0.706. The average Bonchev–Trinajstić information content (AvgIpc) is 3.03. The van der Waals surface area contributed by atoms with Gasteiger partial charge in [-0.3, -0.25) is 9.59 Å². The van der Waals surface area contributed by atoms with Crippen LogP contribution in [0, 0.1) is 0 Å². The molecule has 0 bridgehead atoms. The summed E-state index contributed by atoms with van der Waals surface area (Å²) in [6.45, 7) is 3.22. The molecule has 7 heteroatoms. The maximum absolute atomic E-state index is 12.9. The molecule has 156 valence electrons. The van der Waals surface area contributed by atoms with Gasteiger partial charge in [0.15, 0.2) is 11.5 Å². The Balaban J connectivity index is 1.84. The van der Waals surface area contributed by atoms with E-state index in [-0.39, 0.29) is 11.3 Å². The summed E-state index contributed by atoms with van der Waals surface area (Å²) in [7, 11) is 1.55. The van der Waals surface area contributed by atoms with Crippen molar-refractivity contribution in [3.05, 3.63) is 59.2 Å². The predicted molar refractivity (Wildman–Crippen MR) is 110 cm³/mol. The van der Waals surface area contributed by atoms with E-state index in [4.69, 9.17) is 14.2 Å². The molecule has 2 aliphatic heterocycles. The highest BCUT2D eigenvalue weighted by molar-refractivity contribution is 6.46.